The van der Waals surface area contributed by atoms with E-state index in [0.29, 0.717) is 6.54 Å². The number of aromatic nitrogens is 1. The molecule has 24 heavy (non-hydrogen) atoms. The van der Waals surface area contributed by atoms with Crippen molar-refractivity contribution in [2.24, 2.45) is 0 Å². The molecule has 2 aromatic rings. The van der Waals surface area contributed by atoms with E-state index < -0.39 is 0 Å². The smallest absolute Gasteiger partial charge is 0.126 e. The summed E-state index contributed by atoms with van der Waals surface area (Å²) in [4.78, 5) is 6.49. The molecule has 0 radical (unpaired) electrons. The summed E-state index contributed by atoms with van der Waals surface area (Å²) in [5.41, 5.74) is 3.56. The fourth-order valence-corrected chi connectivity index (χ4v) is 3.00. The molecule has 0 fully saturated rings. The minimum Gasteiger partial charge on any atom is -0.493 e. The number of aliphatic hydroxyl groups excluding tert-OH is 1. The Hall–Kier alpha value is -2.27. The molecule has 1 aliphatic heterocycles. The van der Waals surface area contributed by atoms with Crippen molar-refractivity contribution in [3.8, 4) is 5.75 Å². The Balaban J connectivity index is 1.71. The number of fused-ring (bicyclic) bond motifs is 1. The number of hydrogen-bond acceptors (Lipinski definition) is 5. The van der Waals surface area contributed by atoms with Crippen LogP contribution < -0.4 is 15.0 Å². The highest BCUT2D eigenvalue weighted by Gasteiger charge is 2.16. The third-order valence-corrected chi connectivity index (χ3v) is 4.47. The molecule has 0 saturated carbocycles. The van der Waals surface area contributed by atoms with Gasteiger partial charge in [0.2, 0.25) is 0 Å². The number of nitrogens with zero attached hydrogens (tertiary/aromatic N) is 2. The van der Waals surface area contributed by atoms with Crippen molar-refractivity contribution >= 4 is 11.5 Å². The molecule has 2 heterocycles. The van der Waals surface area contributed by atoms with Crippen LogP contribution in [0.4, 0.5) is 11.5 Å². The van der Waals surface area contributed by atoms with Crippen LogP contribution in [0.25, 0.3) is 0 Å². The lowest BCUT2D eigenvalue weighted by Crippen LogP contribution is -2.21. The molecule has 1 unspecified atom stereocenters. The van der Waals surface area contributed by atoms with Gasteiger partial charge in [-0.15, -0.1) is 0 Å². The topological polar surface area (TPSA) is 57.6 Å². The quantitative estimate of drug-likeness (QED) is 0.819. The molecular weight excluding hydrogens is 302 g/mol. The third kappa shape index (κ3) is 3.62. The van der Waals surface area contributed by atoms with Gasteiger partial charge < -0.3 is 20.1 Å². The van der Waals surface area contributed by atoms with Crippen LogP contribution in [-0.4, -0.2) is 36.9 Å². The Bertz CT molecular complexity index is 673. The van der Waals surface area contributed by atoms with Crippen LogP contribution in [-0.2, 0) is 6.42 Å². The lowest BCUT2D eigenvalue weighted by molar-refractivity contribution is 0.304. The maximum atomic E-state index is 9.01. The van der Waals surface area contributed by atoms with Gasteiger partial charge in [-0.05, 0) is 41.8 Å². The first kappa shape index (κ1) is 16.6. The van der Waals surface area contributed by atoms with E-state index >= 15 is 0 Å². The standard InChI is InChI=1S/C19H25N3O2/c1-3-17(14-4-6-18-15(12-14)8-11-24-18)21-19-7-5-16(13-20-19)22(2)9-10-23/h4-7,12-13,17,23H,3,8-11H2,1-2H3,(H,20,21). The number of hydrogen-bond donors (Lipinski definition) is 2. The van der Waals surface area contributed by atoms with Gasteiger partial charge in [-0.3, -0.25) is 0 Å². The molecule has 0 spiro atoms. The molecule has 5 heteroatoms. The molecule has 1 atom stereocenters. The van der Waals surface area contributed by atoms with E-state index in [-0.39, 0.29) is 12.6 Å². The molecule has 0 amide bonds. The number of ether oxygens (including phenoxy) is 1. The van der Waals surface area contributed by atoms with Crippen LogP contribution in [0, 0.1) is 0 Å². The second kappa shape index (κ2) is 7.53. The molecule has 2 N–H and O–H groups in total. The zero-order valence-electron chi connectivity index (χ0n) is 14.3. The summed E-state index contributed by atoms with van der Waals surface area (Å²) < 4.78 is 5.59. The van der Waals surface area contributed by atoms with Crippen molar-refractivity contribution < 1.29 is 9.84 Å². The molecule has 5 nitrogen and oxygen atoms in total. The van der Waals surface area contributed by atoms with Crippen molar-refractivity contribution in [3.63, 3.8) is 0 Å². The van der Waals surface area contributed by atoms with Crippen molar-refractivity contribution in [1.82, 2.24) is 4.98 Å². The van der Waals surface area contributed by atoms with Gasteiger partial charge in [0.15, 0.2) is 0 Å². The largest absolute Gasteiger partial charge is 0.493 e. The third-order valence-electron chi connectivity index (χ3n) is 4.47. The zero-order chi connectivity index (χ0) is 16.9. The number of benzene rings is 1. The molecule has 3 rings (SSSR count). The first-order valence-electron chi connectivity index (χ1n) is 8.51. The van der Waals surface area contributed by atoms with E-state index in [2.05, 4.69) is 35.4 Å². The Morgan fingerprint density at radius 3 is 2.92 bits per heavy atom. The van der Waals surface area contributed by atoms with Gasteiger partial charge in [0, 0.05) is 20.0 Å². The number of likely N-dealkylation sites (N-methyl/N-ethyl adjacent to an activating group) is 1. The van der Waals surface area contributed by atoms with E-state index in [0.717, 1.165) is 36.7 Å². The number of rotatable bonds is 7. The Labute approximate surface area is 143 Å². The second-order valence-electron chi connectivity index (χ2n) is 6.12. The summed E-state index contributed by atoms with van der Waals surface area (Å²) in [5, 5.41) is 12.5. The summed E-state index contributed by atoms with van der Waals surface area (Å²) in [6.45, 7) is 3.69. The van der Waals surface area contributed by atoms with Crippen molar-refractivity contribution in [2.45, 2.75) is 25.8 Å². The van der Waals surface area contributed by atoms with Gasteiger partial charge in [-0.2, -0.15) is 0 Å². The lowest BCUT2D eigenvalue weighted by Gasteiger charge is -2.21. The second-order valence-corrected chi connectivity index (χ2v) is 6.12. The number of pyridine rings is 1. The summed E-state index contributed by atoms with van der Waals surface area (Å²) in [7, 11) is 1.95. The van der Waals surface area contributed by atoms with Crippen LogP contribution in [0.3, 0.4) is 0 Å². The maximum absolute atomic E-state index is 9.01. The summed E-state index contributed by atoms with van der Waals surface area (Å²) in [5.74, 6) is 1.88. The van der Waals surface area contributed by atoms with Gasteiger partial charge in [0.05, 0.1) is 31.1 Å². The average Bonchev–Trinajstić information content (AvgIpc) is 3.08. The molecule has 0 aliphatic carbocycles. The van der Waals surface area contributed by atoms with E-state index in [1.54, 1.807) is 0 Å². The summed E-state index contributed by atoms with van der Waals surface area (Å²) in [6, 6.07) is 10.7. The van der Waals surface area contributed by atoms with Crippen LogP contribution in [0.1, 0.15) is 30.5 Å². The minimum absolute atomic E-state index is 0.135. The van der Waals surface area contributed by atoms with Crippen molar-refractivity contribution in [1.29, 1.82) is 0 Å². The number of anilines is 2. The maximum Gasteiger partial charge on any atom is 0.126 e. The molecule has 128 valence electrons. The summed E-state index contributed by atoms with van der Waals surface area (Å²) in [6.07, 6.45) is 3.80. The van der Waals surface area contributed by atoms with Crippen LogP contribution >= 0.6 is 0 Å². The highest BCUT2D eigenvalue weighted by molar-refractivity contribution is 5.50. The van der Waals surface area contributed by atoms with E-state index in [9.17, 15) is 0 Å². The average molecular weight is 327 g/mol. The Morgan fingerprint density at radius 2 is 2.21 bits per heavy atom. The van der Waals surface area contributed by atoms with Crippen molar-refractivity contribution in [2.75, 3.05) is 37.0 Å². The number of aliphatic hydroxyl groups is 1. The van der Waals surface area contributed by atoms with Gasteiger partial charge in [-0.1, -0.05) is 13.0 Å². The predicted molar refractivity (Wildman–Crippen MR) is 96.9 cm³/mol. The first-order valence-corrected chi connectivity index (χ1v) is 8.51. The van der Waals surface area contributed by atoms with E-state index in [1.807, 2.05) is 30.3 Å². The molecule has 0 saturated heterocycles. The van der Waals surface area contributed by atoms with Crippen LogP contribution in [0.5, 0.6) is 5.75 Å². The molecule has 1 aromatic heterocycles. The van der Waals surface area contributed by atoms with Gasteiger partial charge >= 0.3 is 0 Å². The molecule has 1 aliphatic rings. The SMILES string of the molecule is CCC(Nc1ccc(N(C)CCO)cn1)c1ccc2c(c1)CCO2. The Morgan fingerprint density at radius 1 is 1.33 bits per heavy atom. The van der Waals surface area contributed by atoms with Gasteiger partial charge in [0.25, 0.3) is 0 Å². The van der Waals surface area contributed by atoms with Gasteiger partial charge in [0.1, 0.15) is 11.6 Å². The van der Waals surface area contributed by atoms with E-state index in [1.165, 1.54) is 11.1 Å². The Kier molecular flexibility index (Phi) is 5.20. The fourth-order valence-electron chi connectivity index (χ4n) is 3.00. The minimum atomic E-state index is 0.135. The van der Waals surface area contributed by atoms with Crippen LogP contribution in [0.2, 0.25) is 0 Å². The normalized spacial score (nSPS) is 14.0. The monoisotopic (exact) mass is 327 g/mol. The molecule has 0 bridgehead atoms. The lowest BCUT2D eigenvalue weighted by atomic mass is 10.0. The highest BCUT2D eigenvalue weighted by Crippen LogP contribution is 2.30. The molecule has 1 aromatic carbocycles. The fraction of sp³-hybridized carbons (Fsp3) is 0.421. The summed E-state index contributed by atoms with van der Waals surface area (Å²) >= 11 is 0. The molecular formula is C19H25N3O2. The number of nitrogens with one attached hydrogen (secondary N) is 1. The predicted octanol–water partition coefficient (Wildman–Crippen LogP) is 3.01. The highest BCUT2D eigenvalue weighted by atomic mass is 16.5. The van der Waals surface area contributed by atoms with Gasteiger partial charge in [-0.25, -0.2) is 4.98 Å². The first-order chi connectivity index (χ1) is 11.7. The zero-order valence-corrected chi connectivity index (χ0v) is 14.3. The van der Waals surface area contributed by atoms with E-state index in [4.69, 9.17) is 9.84 Å². The van der Waals surface area contributed by atoms with Crippen LogP contribution in [0.15, 0.2) is 36.5 Å². The van der Waals surface area contributed by atoms with Crippen molar-refractivity contribution in [3.05, 3.63) is 47.7 Å².